The van der Waals surface area contributed by atoms with Crippen molar-refractivity contribution in [2.24, 2.45) is 0 Å². The van der Waals surface area contributed by atoms with Gasteiger partial charge in [-0.1, -0.05) is 50.2 Å². The summed E-state index contributed by atoms with van der Waals surface area (Å²) >= 11 is 0. The van der Waals surface area contributed by atoms with Crippen LogP contribution in [0, 0.1) is 0 Å². The molecule has 8 nitrogen and oxygen atoms in total. The van der Waals surface area contributed by atoms with Crippen LogP contribution in [0.2, 0.25) is 0 Å². The van der Waals surface area contributed by atoms with Crippen molar-refractivity contribution in [3.8, 4) is 0 Å². The first-order valence-corrected chi connectivity index (χ1v) is 15.6. The van der Waals surface area contributed by atoms with Crippen LogP contribution >= 0.6 is 0 Å². The molecule has 2 aromatic carbocycles. The lowest BCUT2D eigenvalue weighted by atomic mass is 10.1. The van der Waals surface area contributed by atoms with Gasteiger partial charge in [-0.2, -0.15) is 0 Å². The summed E-state index contributed by atoms with van der Waals surface area (Å²) < 4.78 is 2.44. The molecule has 0 saturated carbocycles. The molecule has 0 aliphatic heterocycles. The van der Waals surface area contributed by atoms with Crippen LogP contribution in [-0.2, 0) is 26.1 Å². The molecule has 8 heteroatoms. The second-order valence-electron chi connectivity index (χ2n) is 11.3. The molecule has 0 spiro atoms. The first-order valence-electron chi connectivity index (χ1n) is 15.6. The molecule has 1 unspecified atom stereocenters. The highest BCUT2D eigenvalue weighted by molar-refractivity contribution is 5.77. The Labute approximate surface area is 250 Å². The van der Waals surface area contributed by atoms with Crippen LogP contribution in [0.15, 0.2) is 73.3 Å². The van der Waals surface area contributed by atoms with Crippen LogP contribution in [0.3, 0.4) is 0 Å². The van der Waals surface area contributed by atoms with Crippen LogP contribution in [0.25, 0.3) is 11.0 Å². The highest BCUT2D eigenvalue weighted by Crippen LogP contribution is 2.25. The summed E-state index contributed by atoms with van der Waals surface area (Å²) in [5.74, 6) is 3.08. The number of nitrogens with one attached hydrogen (secondary N) is 2. The topological polar surface area (TPSA) is 81.7 Å². The van der Waals surface area contributed by atoms with E-state index in [-0.39, 0.29) is 6.04 Å². The fourth-order valence-corrected chi connectivity index (χ4v) is 5.86. The minimum absolute atomic E-state index is 0.102. The van der Waals surface area contributed by atoms with Crippen molar-refractivity contribution >= 4 is 11.0 Å². The number of unbranched alkanes of at least 4 members (excludes halogenated alkanes) is 1. The number of rotatable bonds is 17. The van der Waals surface area contributed by atoms with Gasteiger partial charge in [-0.3, -0.25) is 4.90 Å². The Morgan fingerprint density at radius 3 is 2.33 bits per heavy atom. The number of fused-ring (bicyclic) bond motifs is 1. The fraction of sp³-hybridized carbons (Fsp3) is 0.441. The Morgan fingerprint density at radius 1 is 0.833 bits per heavy atom. The molecule has 42 heavy (non-hydrogen) atoms. The van der Waals surface area contributed by atoms with Crippen LogP contribution in [-0.4, -0.2) is 58.9 Å². The van der Waals surface area contributed by atoms with Crippen molar-refractivity contribution in [2.75, 3.05) is 19.6 Å². The number of nitrogens with zero attached hydrogens (tertiary/aromatic N) is 6. The van der Waals surface area contributed by atoms with Crippen molar-refractivity contribution in [3.63, 3.8) is 0 Å². The van der Waals surface area contributed by atoms with Gasteiger partial charge in [0.15, 0.2) is 0 Å². The first-order chi connectivity index (χ1) is 20.6. The van der Waals surface area contributed by atoms with Crippen LogP contribution in [0.5, 0.6) is 0 Å². The predicted octanol–water partition coefficient (Wildman–Crippen LogP) is 6.74. The number of hydrogen-bond donors (Lipinski definition) is 2. The molecule has 0 saturated heterocycles. The summed E-state index contributed by atoms with van der Waals surface area (Å²) in [4.78, 5) is 25.8. The Morgan fingerprint density at radius 2 is 1.62 bits per heavy atom. The molecule has 0 radical (unpaired) electrons. The summed E-state index contributed by atoms with van der Waals surface area (Å²) in [6.45, 7) is 12.6. The molecule has 3 aromatic heterocycles. The van der Waals surface area contributed by atoms with E-state index in [1.165, 1.54) is 61.4 Å². The zero-order chi connectivity index (χ0) is 29.1. The van der Waals surface area contributed by atoms with Gasteiger partial charge in [-0.25, -0.2) is 15.0 Å². The number of aromatic nitrogens is 6. The lowest BCUT2D eigenvalue weighted by Gasteiger charge is -2.27. The summed E-state index contributed by atoms with van der Waals surface area (Å²) in [5, 5.41) is 0. The Kier molecular flexibility index (Phi) is 10.6. The number of H-pyrrole nitrogens is 2. The predicted molar refractivity (Wildman–Crippen MR) is 170 cm³/mol. The minimum atomic E-state index is 0.102. The van der Waals surface area contributed by atoms with Crippen molar-refractivity contribution in [3.05, 3.63) is 102 Å². The first kappa shape index (κ1) is 29.7. The molecule has 5 rings (SSSR count). The van der Waals surface area contributed by atoms with Crippen LogP contribution in [0.4, 0.5) is 0 Å². The summed E-state index contributed by atoms with van der Waals surface area (Å²) in [5.41, 5.74) is 4.82. The van der Waals surface area contributed by atoms with E-state index in [9.17, 15) is 0 Å². The average Bonchev–Trinajstić information content (AvgIpc) is 3.78. The number of aryl methyl sites for hydroxylation is 1. The van der Waals surface area contributed by atoms with Gasteiger partial charge < -0.3 is 19.4 Å². The summed E-state index contributed by atoms with van der Waals surface area (Å²) in [6, 6.07) is 17.6. The van der Waals surface area contributed by atoms with Gasteiger partial charge >= 0.3 is 0 Å². The normalized spacial score (nSPS) is 12.6. The molecule has 0 amide bonds. The number of aromatic amines is 2. The number of benzene rings is 2. The monoisotopic (exact) mass is 566 g/mol. The average molecular weight is 567 g/mol. The zero-order valence-electron chi connectivity index (χ0n) is 25.5. The molecule has 5 aromatic rings. The van der Waals surface area contributed by atoms with Crippen LogP contribution < -0.4 is 0 Å². The maximum atomic E-state index is 5.16. The number of hydrogen-bond acceptors (Lipinski definition) is 5. The van der Waals surface area contributed by atoms with Gasteiger partial charge in [-0.05, 0) is 75.5 Å². The van der Waals surface area contributed by atoms with E-state index in [4.69, 9.17) is 4.98 Å². The van der Waals surface area contributed by atoms with Gasteiger partial charge in [0.05, 0.1) is 23.6 Å². The third-order valence-corrected chi connectivity index (χ3v) is 8.04. The van der Waals surface area contributed by atoms with E-state index >= 15 is 0 Å². The van der Waals surface area contributed by atoms with Crippen molar-refractivity contribution in [1.29, 1.82) is 0 Å². The molecule has 0 aliphatic rings. The molecular weight excluding hydrogens is 520 g/mol. The van der Waals surface area contributed by atoms with E-state index in [2.05, 4.69) is 104 Å². The van der Waals surface area contributed by atoms with Crippen molar-refractivity contribution in [2.45, 2.75) is 78.6 Å². The summed E-state index contributed by atoms with van der Waals surface area (Å²) in [6.07, 6.45) is 13.2. The third kappa shape index (κ3) is 7.75. The van der Waals surface area contributed by atoms with Gasteiger partial charge in [-0.15, -0.1) is 0 Å². The molecule has 3 heterocycles. The van der Waals surface area contributed by atoms with E-state index in [0.29, 0.717) is 6.54 Å². The van der Waals surface area contributed by atoms with E-state index < -0.39 is 0 Å². The lowest BCUT2D eigenvalue weighted by Crippen LogP contribution is -2.27. The molecule has 222 valence electrons. The minimum Gasteiger partial charge on any atom is -0.348 e. The quantitative estimate of drug-likeness (QED) is 0.122. The zero-order valence-corrected chi connectivity index (χ0v) is 25.5. The second-order valence-corrected chi connectivity index (χ2v) is 11.3. The Bertz CT molecular complexity index is 1450. The van der Waals surface area contributed by atoms with Gasteiger partial charge in [0, 0.05) is 44.3 Å². The molecule has 0 bridgehead atoms. The fourth-order valence-electron chi connectivity index (χ4n) is 5.86. The van der Waals surface area contributed by atoms with E-state index in [0.717, 1.165) is 43.1 Å². The maximum Gasteiger partial charge on any atom is 0.123 e. The Hall–Kier alpha value is -3.75. The molecule has 2 N–H and O–H groups in total. The Balaban J connectivity index is 1.38. The second kappa shape index (κ2) is 14.9. The molecule has 1 atom stereocenters. The molecular formula is C34H46N8. The van der Waals surface area contributed by atoms with Crippen LogP contribution in [0.1, 0.15) is 81.1 Å². The van der Waals surface area contributed by atoms with Gasteiger partial charge in [0.2, 0.25) is 0 Å². The van der Waals surface area contributed by atoms with E-state index in [1.807, 2.05) is 24.8 Å². The van der Waals surface area contributed by atoms with Gasteiger partial charge in [0.25, 0.3) is 0 Å². The number of imidazole rings is 3. The van der Waals surface area contributed by atoms with Gasteiger partial charge in [0.1, 0.15) is 17.5 Å². The lowest BCUT2D eigenvalue weighted by molar-refractivity contribution is 0.181. The van der Waals surface area contributed by atoms with Crippen molar-refractivity contribution < 1.29 is 0 Å². The smallest absolute Gasteiger partial charge is 0.123 e. The molecule has 0 aliphatic carbocycles. The summed E-state index contributed by atoms with van der Waals surface area (Å²) in [7, 11) is 0. The highest BCUT2D eigenvalue weighted by Gasteiger charge is 2.21. The van der Waals surface area contributed by atoms with Crippen molar-refractivity contribution in [1.82, 2.24) is 39.3 Å². The highest BCUT2D eigenvalue weighted by atomic mass is 15.2. The largest absolute Gasteiger partial charge is 0.348 e. The SMILES string of the molecule is CCCN(CCC)CCCCc1nc2ccc(CN(Cc3ncc[nH]3)C(C)c3ncc[nH]3)cc2n1Cc1ccccc1. The molecule has 0 fully saturated rings. The third-order valence-electron chi connectivity index (χ3n) is 8.04. The van der Waals surface area contributed by atoms with E-state index in [1.54, 1.807) is 0 Å². The standard InChI is InChI=1S/C34H46N8/c1-4-20-40(21-5-2)22-10-9-13-33-39-30-15-14-29(23-31(30)42(33)25-28-11-7-6-8-12-28)24-41(26-32-35-16-17-36-32)27(3)34-37-18-19-38-34/h6-8,11-12,14-19,23,27H,4-5,9-10,13,20-22,24-26H2,1-3H3,(H,35,36)(H,37,38). The maximum absolute atomic E-state index is 5.16.